The van der Waals surface area contributed by atoms with E-state index in [0.29, 0.717) is 12.3 Å². The molecule has 0 N–H and O–H groups in total. The summed E-state index contributed by atoms with van der Waals surface area (Å²) >= 11 is 0. The van der Waals surface area contributed by atoms with Crippen LogP contribution in [0.1, 0.15) is 96.8 Å². The number of hydrogen-bond acceptors (Lipinski definition) is 2. The van der Waals surface area contributed by atoms with E-state index in [2.05, 4.69) is 6.92 Å². The van der Waals surface area contributed by atoms with Crippen LogP contribution >= 0.6 is 0 Å². The van der Waals surface area contributed by atoms with Crippen molar-refractivity contribution in [2.24, 2.45) is 5.92 Å². The van der Waals surface area contributed by atoms with Gasteiger partial charge in [-0.15, -0.1) is 0 Å². The van der Waals surface area contributed by atoms with E-state index >= 15 is 0 Å². The van der Waals surface area contributed by atoms with Crippen LogP contribution in [0.15, 0.2) is 0 Å². The Bertz CT molecular complexity index is 213. The number of carbonyl (C=O) groups is 2. The minimum absolute atomic E-state index is 0.298. The molecule has 0 aliphatic heterocycles. The molecule has 0 aromatic rings. The third kappa shape index (κ3) is 13.8. The van der Waals surface area contributed by atoms with Crippen molar-refractivity contribution in [3.05, 3.63) is 0 Å². The zero-order chi connectivity index (χ0) is 14.9. The molecule has 20 heavy (non-hydrogen) atoms. The first kappa shape index (κ1) is 19.3. The second-order valence-electron chi connectivity index (χ2n) is 5.96. The summed E-state index contributed by atoms with van der Waals surface area (Å²) in [5.41, 5.74) is 0. The molecule has 2 nitrogen and oxygen atoms in total. The van der Waals surface area contributed by atoms with Crippen molar-refractivity contribution < 1.29 is 9.59 Å². The van der Waals surface area contributed by atoms with E-state index < -0.39 is 0 Å². The Morgan fingerprint density at radius 1 is 0.700 bits per heavy atom. The van der Waals surface area contributed by atoms with Gasteiger partial charge in [0.05, 0.1) is 0 Å². The summed E-state index contributed by atoms with van der Waals surface area (Å²) in [6, 6.07) is 0. The first-order chi connectivity index (χ1) is 9.85. The van der Waals surface area contributed by atoms with Gasteiger partial charge in [-0.05, 0) is 19.3 Å². The summed E-state index contributed by atoms with van der Waals surface area (Å²) in [5.74, 6) is 0.298. The van der Waals surface area contributed by atoms with E-state index in [0.717, 1.165) is 25.5 Å². The molecule has 0 spiro atoms. The molecule has 118 valence electrons. The molecular formula is C18H34O2. The standard InChI is InChI=1S/C18H34O2/c1-2-3-4-8-11-14-18(17-20)15-12-9-6-5-7-10-13-16-19/h16-18H,2-15H2,1H3. The lowest BCUT2D eigenvalue weighted by atomic mass is 9.95. The van der Waals surface area contributed by atoms with Gasteiger partial charge in [0.15, 0.2) is 0 Å². The Morgan fingerprint density at radius 3 is 1.70 bits per heavy atom. The van der Waals surface area contributed by atoms with Gasteiger partial charge >= 0.3 is 0 Å². The SMILES string of the molecule is CCCCCCCC(C=O)CCCCCCCCC=O. The molecule has 1 unspecified atom stereocenters. The Labute approximate surface area is 125 Å². The van der Waals surface area contributed by atoms with Gasteiger partial charge in [-0.2, -0.15) is 0 Å². The molecule has 2 heteroatoms. The van der Waals surface area contributed by atoms with Gasteiger partial charge in [-0.3, -0.25) is 0 Å². The van der Waals surface area contributed by atoms with Gasteiger partial charge in [-0.1, -0.05) is 71.1 Å². The first-order valence-electron chi connectivity index (χ1n) is 8.74. The number of rotatable bonds is 16. The summed E-state index contributed by atoms with van der Waals surface area (Å²) in [4.78, 5) is 21.2. The van der Waals surface area contributed by atoms with E-state index in [-0.39, 0.29) is 0 Å². The van der Waals surface area contributed by atoms with Crippen molar-refractivity contribution in [3.63, 3.8) is 0 Å². The summed E-state index contributed by atoms with van der Waals surface area (Å²) in [7, 11) is 0. The van der Waals surface area contributed by atoms with Crippen molar-refractivity contribution in [1.82, 2.24) is 0 Å². The average Bonchev–Trinajstić information content (AvgIpc) is 2.47. The van der Waals surface area contributed by atoms with Gasteiger partial charge in [-0.25, -0.2) is 0 Å². The van der Waals surface area contributed by atoms with Crippen LogP contribution in [0.4, 0.5) is 0 Å². The lowest BCUT2D eigenvalue weighted by Gasteiger charge is -2.09. The summed E-state index contributed by atoms with van der Waals surface area (Å²) in [6.07, 6.45) is 18.6. The normalized spacial score (nSPS) is 12.2. The molecule has 0 bridgehead atoms. The van der Waals surface area contributed by atoms with Crippen LogP contribution in [-0.4, -0.2) is 12.6 Å². The van der Waals surface area contributed by atoms with Crippen LogP contribution in [-0.2, 0) is 9.59 Å². The third-order valence-corrected chi connectivity index (χ3v) is 4.02. The molecule has 0 aliphatic rings. The molecule has 0 saturated carbocycles. The topological polar surface area (TPSA) is 34.1 Å². The summed E-state index contributed by atoms with van der Waals surface area (Å²) in [6.45, 7) is 2.23. The molecular weight excluding hydrogens is 248 g/mol. The lowest BCUT2D eigenvalue weighted by Crippen LogP contribution is -2.02. The minimum atomic E-state index is 0.298. The molecule has 0 aromatic heterocycles. The zero-order valence-electron chi connectivity index (χ0n) is 13.4. The number of hydrogen-bond donors (Lipinski definition) is 0. The maximum absolute atomic E-state index is 11.0. The molecule has 0 rings (SSSR count). The molecule has 0 saturated heterocycles. The smallest absolute Gasteiger partial charge is 0.123 e. The van der Waals surface area contributed by atoms with Crippen LogP contribution in [0.3, 0.4) is 0 Å². The maximum atomic E-state index is 11.0. The highest BCUT2D eigenvalue weighted by Gasteiger charge is 2.06. The molecule has 0 aromatic carbocycles. The minimum Gasteiger partial charge on any atom is -0.303 e. The van der Waals surface area contributed by atoms with Crippen LogP contribution < -0.4 is 0 Å². The molecule has 1 atom stereocenters. The lowest BCUT2D eigenvalue weighted by molar-refractivity contribution is -0.111. The van der Waals surface area contributed by atoms with Gasteiger partial charge in [0.1, 0.15) is 12.6 Å². The monoisotopic (exact) mass is 282 g/mol. The third-order valence-electron chi connectivity index (χ3n) is 4.02. The predicted octanol–water partition coefficient (Wildman–Crippen LogP) is 5.48. The Hall–Kier alpha value is -0.660. The number of carbonyl (C=O) groups excluding carboxylic acids is 2. The highest BCUT2D eigenvalue weighted by molar-refractivity contribution is 5.53. The molecule has 0 heterocycles. The first-order valence-corrected chi connectivity index (χ1v) is 8.74. The van der Waals surface area contributed by atoms with Crippen LogP contribution in [0.25, 0.3) is 0 Å². The van der Waals surface area contributed by atoms with E-state index in [9.17, 15) is 9.59 Å². The van der Waals surface area contributed by atoms with Gasteiger partial charge in [0, 0.05) is 12.3 Å². The van der Waals surface area contributed by atoms with E-state index in [1.165, 1.54) is 70.5 Å². The Kier molecular flexibility index (Phi) is 15.9. The second-order valence-corrected chi connectivity index (χ2v) is 5.96. The second kappa shape index (κ2) is 16.4. The fourth-order valence-corrected chi connectivity index (χ4v) is 2.63. The fourth-order valence-electron chi connectivity index (χ4n) is 2.63. The molecule has 0 radical (unpaired) electrons. The van der Waals surface area contributed by atoms with Crippen LogP contribution in [0.5, 0.6) is 0 Å². The zero-order valence-corrected chi connectivity index (χ0v) is 13.4. The average molecular weight is 282 g/mol. The van der Waals surface area contributed by atoms with E-state index in [1.54, 1.807) is 0 Å². The van der Waals surface area contributed by atoms with Gasteiger partial charge < -0.3 is 9.59 Å². The van der Waals surface area contributed by atoms with Crippen LogP contribution in [0, 0.1) is 5.92 Å². The van der Waals surface area contributed by atoms with Gasteiger partial charge in [0.2, 0.25) is 0 Å². The Morgan fingerprint density at radius 2 is 1.20 bits per heavy atom. The van der Waals surface area contributed by atoms with Crippen molar-refractivity contribution in [2.75, 3.05) is 0 Å². The van der Waals surface area contributed by atoms with E-state index in [4.69, 9.17) is 0 Å². The van der Waals surface area contributed by atoms with Crippen molar-refractivity contribution in [3.8, 4) is 0 Å². The van der Waals surface area contributed by atoms with Crippen molar-refractivity contribution in [1.29, 1.82) is 0 Å². The molecule has 0 fully saturated rings. The largest absolute Gasteiger partial charge is 0.303 e. The number of aldehydes is 2. The summed E-state index contributed by atoms with van der Waals surface area (Å²) < 4.78 is 0. The molecule has 0 aliphatic carbocycles. The highest BCUT2D eigenvalue weighted by Crippen LogP contribution is 2.17. The maximum Gasteiger partial charge on any atom is 0.123 e. The van der Waals surface area contributed by atoms with Crippen LogP contribution in [0.2, 0.25) is 0 Å². The van der Waals surface area contributed by atoms with E-state index in [1.807, 2.05) is 0 Å². The highest BCUT2D eigenvalue weighted by atomic mass is 16.1. The van der Waals surface area contributed by atoms with Crippen molar-refractivity contribution in [2.45, 2.75) is 96.8 Å². The predicted molar refractivity (Wildman–Crippen MR) is 85.9 cm³/mol. The quantitative estimate of drug-likeness (QED) is 0.277. The van der Waals surface area contributed by atoms with Crippen molar-refractivity contribution >= 4 is 12.6 Å². The summed E-state index contributed by atoms with van der Waals surface area (Å²) in [5, 5.41) is 0. The Balaban J connectivity index is 3.32. The fraction of sp³-hybridized carbons (Fsp3) is 0.889. The molecule has 0 amide bonds. The van der Waals surface area contributed by atoms with Gasteiger partial charge in [0.25, 0.3) is 0 Å². The number of unbranched alkanes of at least 4 members (excludes halogenated alkanes) is 10.